The van der Waals surface area contributed by atoms with E-state index < -0.39 is 0 Å². The molecule has 2 heteroatoms. The van der Waals surface area contributed by atoms with Gasteiger partial charge in [-0.3, -0.25) is 4.79 Å². The smallest absolute Gasteiger partial charge is 0.224 e. The number of hydrogen-bond donors (Lipinski definition) is 1. The largest absolute Gasteiger partial charge is 0.369 e. The molecular formula is C10H15NO. The molecule has 0 aromatic carbocycles. The van der Waals surface area contributed by atoms with Gasteiger partial charge in [0.05, 0.1) is 5.92 Å². The van der Waals surface area contributed by atoms with Gasteiger partial charge in [-0.05, 0) is 25.0 Å². The SMILES string of the molecule is C=C/C(C)=C(\C=C)C(C)C(N)=O. The molecule has 0 radical (unpaired) electrons. The molecule has 0 fully saturated rings. The number of allylic oxidation sites excluding steroid dienone is 3. The van der Waals surface area contributed by atoms with Crippen molar-refractivity contribution in [3.63, 3.8) is 0 Å². The summed E-state index contributed by atoms with van der Waals surface area (Å²) in [5, 5.41) is 0. The van der Waals surface area contributed by atoms with Gasteiger partial charge in [-0.15, -0.1) is 0 Å². The molecule has 66 valence electrons. The highest BCUT2D eigenvalue weighted by molar-refractivity contribution is 5.80. The van der Waals surface area contributed by atoms with Crippen molar-refractivity contribution in [2.75, 3.05) is 0 Å². The number of carbonyl (C=O) groups is 1. The summed E-state index contributed by atoms with van der Waals surface area (Å²) in [5.74, 6) is -0.633. The summed E-state index contributed by atoms with van der Waals surface area (Å²) >= 11 is 0. The lowest BCUT2D eigenvalue weighted by atomic mass is 9.96. The predicted octanol–water partition coefficient (Wildman–Crippen LogP) is 1.80. The first-order valence-electron chi connectivity index (χ1n) is 3.79. The first kappa shape index (κ1) is 10.7. The molecular weight excluding hydrogens is 150 g/mol. The van der Waals surface area contributed by atoms with E-state index in [1.165, 1.54) is 0 Å². The van der Waals surface area contributed by atoms with E-state index in [-0.39, 0.29) is 11.8 Å². The molecule has 1 atom stereocenters. The Morgan fingerprint density at radius 2 is 1.92 bits per heavy atom. The highest BCUT2D eigenvalue weighted by atomic mass is 16.1. The molecule has 0 saturated carbocycles. The van der Waals surface area contributed by atoms with Crippen LogP contribution in [0.25, 0.3) is 0 Å². The fourth-order valence-corrected chi connectivity index (χ4v) is 0.950. The Morgan fingerprint density at radius 3 is 2.17 bits per heavy atom. The summed E-state index contributed by atoms with van der Waals surface area (Å²) < 4.78 is 0. The van der Waals surface area contributed by atoms with Crippen LogP contribution in [0, 0.1) is 5.92 Å². The minimum atomic E-state index is -0.342. The summed E-state index contributed by atoms with van der Waals surface area (Å²) in [7, 11) is 0. The van der Waals surface area contributed by atoms with Gasteiger partial charge < -0.3 is 5.73 Å². The molecule has 0 bridgehead atoms. The topological polar surface area (TPSA) is 43.1 Å². The predicted molar refractivity (Wildman–Crippen MR) is 51.5 cm³/mol. The second kappa shape index (κ2) is 4.54. The molecule has 0 heterocycles. The maximum Gasteiger partial charge on any atom is 0.224 e. The van der Waals surface area contributed by atoms with Crippen molar-refractivity contribution >= 4 is 5.91 Å². The Bertz CT molecular complexity index is 238. The Kier molecular flexibility index (Phi) is 4.05. The van der Waals surface area contributed by atoms with Crippen LogP contribution in [0.1, 0.15) is 13.8 Å². The van der Waals surface area contributed by atoms with Crippen LogP contribution in [0.2, 0.25) is 0 Å². The highest BCUT2D eigenvalue weighted by Crippen LogP contribution is 2.16. The number of nitrogens with two attached hydrogens (primary N) is 1. The van der Waals surface area contributed by atoms with E-state index in [4.69, 9.17) is 5.73 Å². The zero-order valence-corrected chi connectivity index (χ0v) is 7.63. The molecule has 1 amide bonds. The third-order valence-electron chi connectivity index (χ3n) is 1.87. The van der Waals surface area contributed by atoms with Crippen molar-refractivity contribution in [1.82, 2.24) is 0 Å². The quantitative estimate of drug-likeness (QED) is 0.634. The van der Waals surface area contributed by atoms with Gasteiger partial charge in [-0.25, -0.2) is 0 Å². The zero-order chi connectivity index (χ0) is 9.72. The van der Waals surface area contributed by atoms with Crippen LogP contribution in [0.5, 0.6) is 0 Å². The number of primary amides is 1. The van der Waals surface area contributed by atoms with Crippen LogP contribution in [-0.4, -0.2) is 5.91 Å². The Balaban J connectivity index is 4.90. The lowest BCUT2D eigenvalue weighted by Gasteiger charge is -2.10. The van der Waals surface area contributed by atoms with Gasteiger partial charge >= 0.3 is 0 Å². The van der Waals surface area contributed by atoms with Crippen molar-refractivity contribution in [2.24, 2.45) is 11.7 Å². The fourth-order valence-electron chi connectivity index (χ4n) is 0.950. The van der Waals surface area contributed by atoms with Crippen molar-refractivity contribution in [3.05, 3.63) is 36.5 Å². The maximum absolute atomic E-state index is 10.8. The minimum Gasteiger partial charge on any atom is -0.369 e. The lowest BCUT2D eigenvalue weighted by molar-refractivity contribution is -0.120. The third kappa shape index (κ3) is 2.38. The summed E-state index contributed by atoms with van der Waals surface area (Å²) in [6, 6.07) is 0. The number of amides is 1. The summed E-state index contributed by atoms with van der Waals surface area (Å²) in [5.41, 5.74) is 6.94. The standard InChI is InChI=1S/C10H15NO/c1-5-7(3)9(6-2)8(4)10(11)12/h5-6,8H,1-2H2,3-4H3,(H2,11,12)/b9-7+. The van der Waals surface area contributed by atoms with E-state index in [9.17, 15) is 4.79 Å². The first-order chi connectivity index (χ1) is 5.54. The van der Waals surface area contributed by atoms with Crippen LogP contribution in [-0.2, 0) is 4.79 Å². The average Bonchev–Trinajstić information content (AvgIpc) is 2.05. The van der Waals surface area contributed by atoms with Crippen LogP contribution in [0.3, 0.4) is 0 Å². The monoisotopic (exact) mass is 165 g/mol. The second-order valence-corrected chi connectivity index (χ2v) is 2.67. The van der Waals surface area contributed by atoms with E-state index >= 15 is 0 Å². The molecule has 0 spiro atoms. The molecule has 2 nitrogen and oxygen atoms in total. The van der Waals surface area contributed by atoms with Crippen LogP contribution >= 0.6 is 0 Å². The van der Waals surface area contributed by atoms with Crippen molar-refractivity contribution in [1.29, 1.82) is 0 Å². The van der Waals surface area contributed by atoms with Gasteiger partial charge in [0.25, 0.3) is 0 Å². The van der Waals surface area contributed by atoms with Crippen molar-refractivity contribution in [3.8, 4) is 0 Å². The first-order valence-corrected chi connectivity index (χ1v) is 3.79. The molecule has 0 aliphatic rings. The average molecular weight is 165 g/mol. The summed E-state index contributed by atoms with van der Waals surface area (Å²) in [4.78, 5) is 10.8. The zero-order valence-electron chi connectivity index (χ0n) is 7.63. The Morgan fingerprint density at radius 1 is 1.42 bits per heavy atom. The van der Waals surface area contributed by atoms with Crippen molar-refractivity contribution < 1.29 is 4.79 Å². The maximum atomic E-state index is 10.8. The number of carbonyl (C=O) groups excluding carboxylic acids is 1. The van der Waals surface area contributed by atoms with Gasteiger partial charge in [0.2, 0.25) is 5.91 Å². The minimum absolute atomic E-state index is 0.291. The number of hydrogen-bond acceptors (Lipinski definition) is 1. The summed E-state index contributed by atoms with van der Waals surface area (Å²) in [6.07, 6.45) is 3.34. The van der Waals surface area contributed by atoms with Gasteiger partial charge in [-0.1, -0.05) is 25.3 Å². The van der Waals surface area contributed by atoms with E-state index in [1.54, 1.807) is 19.1 Å². The molecule has 1 unspecified atom stereocenters. The van der Waals surface area contributed by atoms with E-state index in [0.29, 0.717) is 0 Å². The summed E-state index contributed by atoms with van der Waals surface area (Å²) in [6.45, 7) is 10.9. The van der Waals surface area contributed by atoms with Gasteiger partial charge in [0, 0.05) is 0 Å². The molecule has 0 aromatic rings. The van der Waals surface area contributed by atoms with Gasteiger partial charge in [0.1, 0.15) is 0 Å². The lowest BCUT2D eigenvalue weighted by Crippen LogP contribution is -2.22. The molecule has 0 aliphatic carbocycles. The molecule has 2 N–H and O–H groups in total. The van der Waals surface area contributed by atoms with E-state index in [0.717, 1.165) is 11.1 Å². The van der Waals surface area contributed by atoms with Crippen LogP contribution < -0.4 is 5.73 Å². The van der Waals surface area contributed by atoms with Crippen molar-refractivity contribution in [2.45, 2.75) is 13.8 Å². The Hall–Kier alpha value is -1.31. The molecule has 0 aliphatic heterocycles. The van der Waals surface area contributed by atoms with Crippen LogP contribution in [0.4, 0.5) is 0 Å². The molecule has 0 rings (SSSR count). The van der Waals surface area contributed by atoms with Gasteiger partial charge in [-0.2, -0.15) is 0 Å². The van der Waals surface area contributed by atoms with Crippen LogP contribution in [0.15, 0.2) is 36.5 Å². The van der Waals surface area contributed by atoms with E-state index in [1.807, 2.05) is 6.92 Å². The van der Waals surface area contributed by atoms with E-state index in [2.05, 4.69) is 13.2 Å². The molecule has 0 aromatic heterocycles. The third-order valence-corrected chi connectivity index (χ3v) is 1.87. The highest BCUT2D eigenvalue weighted by Gasteiger charge is 2.12. The number of rotatable bonds is 4. The van der Waals surface area contributed by atoms with Gasteiger partial charge in [0.15, 0.2) is 0 Å². The second-order valence-electron chi connectivity index (χ2n) is 2.67. The molecule has 12 heavy (non-hydrogen) atoms. The normalized spacial score (nSPS) is 14.5. The Labute approximate surface area is 73.5 Å². The molecule has 0 saturated heterocycles. The fraction of sp³-hybridized carbons (Fsp3) is 0.300.